The lowest BCUT2D eigenvalue weighted by molar-refractivity contribution is 0.287. The molecule has 1 atom stereocenters. The summed E-state index contributed by atoms with van der Waals surface area (Å²) < 4.78 is 17.1. The number of nitrogens with zero attached hydrogens (tertiary/aromatic N) is 2. The smallest absolute Gasteiger partial charge is 0.244 e. The van der Waals surface area contributed by atoms with Crippen LogP contribution in [-0.2, 0) is 0 Å². The highest BCUT2D eigenvalue weighted by Gasteiger charge is 2.36. The molecule has 152 valence electrons. The maximum Gasteiger partial charge on any atom is 0.244 e. The predicted molar refractivity (Wildman–Crippen MR) is 112 cm³/mol. The monoisotopic (exact) mass is 402 g/mol. The van der Waals surface area contributed by atoms with E-state index in [1.807, 2.05) is 62.4 Å². The van der Waals surface area contributed by atoms with Crippen molar-refractivity contribution in [3.63, 3.8) is 0 Å². The Balaban J connectivity index is 1.90. The molecule has 7 nitrogen and oxygen atoms in total. The van der Waals surface area contributed by atoms with Crippen molar-refractivity contribution in [3.05, 3.63) is 71.1 Å². The molecule has 0 aliphatic carbocycles. The minimum absolute atomic E-state index is 0.0490. The van der Waals surface area contributed by atoms with Gasteiger partial charge in [-0.05, 0) is 37.1 Å². The number of nitrogens with two attached hydrogens (primary N) is 1. The zero-order valence-corrected chi connectivity index (χ0v) is 16.8. The Morgan fingerprint density at radius 3 is 2.53 bits per heavy atom. The summed E-state index contributed by atoms with van der Waals surface area (Å²) in [5.74, 6) is 1.23. The van der Waals surface area contributed by atoms with Gasteiger partial charge >= 0.3 is 0 Å². The third-order valence-electron chi connectivity index (χ3n) is 4.90. The molecule has 1 aliphatic heterocycles. The highest BCUT2D eigenvalue weighted by Crippen LogP contribution is 2.46. The minimum Gasteiger partial charge on any atom is -0.490 e. The summed E-state index contributed by atoms with van der Waals surface area (Å²) in [6, 6.07) is 17.7. The maximum absolute atomic E-state index is 9.87. The topological polar surface area (TPSA) is 106 Å². The summed E-state index contributed by atoms with van der Waals surface area (Å²) >= 11 is 0. The minimum atomic E-state index is -0.456. The lowest BCUT2D eigenvalue weighted by Crippen LogP contribution is -2.21. The number of ether oxygens (including phenoxy) is 3. The number of fused-ring (bicyclic) bond motifs is 1. The fourth-order valence-electron chi connectivity index (χ4n) is 3.65. The van der Waals surface area contributed by atoms with E-state index in [0.29, 0.717) is 36.2 Å². The largest absolute Gasteiger partial charge is 0.490 e. The number of benzene rings is 2. The number of aromatic nitrogens is 2. The van der Waals surface area contributed by atoms with E-state index in [2.05, 4.69) is 16.3 Å². The Labute approximate surface area is 174 Å². The van der Waals surface area contributed by atoms with Gasteiger partial charge in [-0.1, -0.05) is 36.4 Å². The predicted octanol–water partition coefficient (Wildman–Crippen LogP) is 4.09. The first-order valence-corrected chi connectivity index (χ1v) is 9.78. The molecular weight excluding hydrogens is 380 g/mol. The van der Waals surface area contributed by atoms with Gasteiger partial charge in [0.25, 0.3) is 0 Å². The summed E-state index contributed by atoms with van der Waals surface area (Å²) in [6.45, 7) is 4.85. The van der Waals surface area contributed by atoms with E-state index in [9.17, 15) is 5.26 Å². The van der Waals surface area contributed by atoms with Gasteiger partial charge in [-0.25, -0.2) is 0 Å². The number of nitrogens with one attached hydrogen (secondary N) is 1. The molecule has 1 aromatic heterocycles. The van der Waals surface area contributed by atoms with E-state index in [-0.39, 0.29) is 5.88 Å². The van der Waals surface area contributed by atoms with Gasteiger partial charge in [0.05, 0.1) is 30.4 Å². The van der Waals surface area contributed by atoms with Crippen LogP contribution in [0.15, 0.2) is 60.0 Å². The van der Waals surface area contributed by atoms with Crippen LogP contribution in [0.5, 0.6) is 17.4 Å². The molecule has 4 rings (SSSR count). The molecule has 30 heavy (non-hydrogen) atoms. The van der Waals surface area contributed by atoms with Crippen molar-refractivity contribution in [1.82, 2.24) is 10.2 Å². The standard InChI is InChI=1S/C23H22N4O3/c1-3-28-17-11-10-15(12-18(17)29-4-2)19-16(13-24)22(25)30-23-20(19)21(26-27-23)14-8-6-5-7-9-14/h5-12,19H,3-4,25H2,1-2H3,(H,26,27). The van der Waals surface area contributed by atoms with Crippen molar-refractivity contribution in [1.29, 1.82) is 5.26 Å². The van der Waals surface area contributed by atoms with E-state index < -0.39 is 5.92 Å². The molecule has 0 bridgehead atoms. The van der Waals surface area contributed by atoms with Crippen LogP contribution in [0.4, 0.5) is 0 Å². The molecule has 0 spiro atoms. The number of hydrogen-bond acceptors (Lipinski definition) is 6. The zero-order valence-electron chi connectivity index (χ0n) is 16.8. The van der Waals surface area contributed by atoms with Crippen LogP contribution in [0.1, 0.15) is 30.9 Å². The lowest BCUT2D eigenvalue weighted by atomic mass is 9.83. The molecule has 1 aliphatic rings. The van der Waals surface area contributed by atoms with Crippen molar-refractivity contribution in [3.8, 4) is 34.7 Å². The van der Waals surface area contributed by atoms with Crippen molar-refractivity contribution < 1.29 is 14.2 Å². The Morgan fingerprint density at radius 1 is 1.10 bits per heavy atom. The normalized spacial score (nSPS) is 15.2. The van der Waals surface area contributed by atoms with Gasteiger partial charge in [-0.2, -0.15) is 5.26 Å². The average molecular weight is 402 g/mol. The highest BCUT2D eigenvalue weighted by molar-refractivity contribution is 5.71. The summed E-state index contributed by atoms with van der Waals surface area (Å²) in [5, 5.41) is 17.2. The molecule has 3 aromatic rings. The lowest BCUT2D eigenvalue weighted by Gasteiger charge is -2.25. The van der Waals surface area contributed by atoms with Crippen LogP contribution in [0, 0.1) is 11.3 Å². The third-order valence-corrected chi connectivity index (χ3v) is 4.90. The molecule has 0 saturated carbocycles. The SMILES string of the molecule is CCOc1ccc(C2C(C#N)=C(N)Oc3n[nH]c(-c4ccccc4)c32)cc1OCC. The molecule has 0 amide bonds. The zero-order chi connectivity index (χ0) is 21.1. The van der Waals surface area contributed by atoms with Crippen molar-refractivity contribution >= 4 is 0 Å². The Bertz CT molecular complexity index is 1130. The number of aromatic amines is 1. The number of allylic oxidation sites excluding steroid dienone is 1. The number of nitriles is 1. The van der Waals surface area contributed by atoms with Gasteiger partial charge in [0.1, 0.15) is 11.6 Å². The molecular formula is C23H22N4O3. The second-order valence-electron chi connectivity index (χ2n) is 6.68. The van der Waals surface area contributed by atoms with Crippen LogP contribution in [0.25, 0.3) is 11.3 Å². The van der Waals surface area contributed by atoms with Crippen LogP contribution in [0.3, 0.4) is 0 Å². The van der Waals surface area contributed by atoms with Crippen LogP contribution in [0.2, 0.25) is 0 Å². The van der Waals surface area contributed by atoms with E-state index in [0.717, 1.165) is 22.4 Å². The first-order chi connectivity index (χ1) is 14.7. The highest BCUT2D eigenvalue weighted by atomic mass is 16.5. The summed E-state index contributed by atoms with van der Waals surface area (Å²) in [7, 11) is 0. The molecule has 7 heteroatoms. The Kier molecular flexibility index (Phi) is 5.31. The molecule has 1 unspecified atom stereocenters. The average Bonchev–Trinajstić information content (AvgIpc) is 3.18. The molecule has 2 aromatic carbocycles. The van der Waals surface area contributed by atoms with Crippen LogP contribution >= 0.6 is 0 Å². The van der Waals surface area contributed by atoms with Crippen molar-refractivity contribution in [2.75, 3.05) is 13.2 Å². The van der Waals surface area contributed by atoms with Crippen LogP contribution < -0.4 is 19.9 Å². The van der Waals surface area contributed by atoms with Crippen molar-refractivity contribution in [2.24, 2.45) is 5.73 Å². The maximum atomic E-state index is 9.87. The van der Waals surface area contributed by atoms with E-state index in [1.165, 1.54) is 0 Å². The third kappa shape index (κ3) is 3.33. The molecule has 2 heterocycles. The van der Waals surface area contributed by atoms with Gasteiger partial charge < -0.3 is 19.9 Å². The van der Waals surface area contributed by atoms with Gasteiger partial charge in [0.2, 0.25) is 11.8 Å². The number of H-pyrrole nitrogens is 1. The van der Waals surface area contributed by atoms with Crippen molar-refractivity contribution in [2.45, 2.75) is 19.8 Å². The first kappa shape index (κ1) is 19.4. The molecule has 0 fully saturated rings. The van der Waals surface area contributed by atoms with Gasteiger partial charge in [0.15, 0.2) is 11.5 Å². The number of rotatable bonds is 6. The van der Waals surface area contributed by atoms with E-state index >= 15 is 0 Å². The fraction of sp³-hybridized carbons (Fsp3) is 0.217. The molecule has 3 N–H and O–H groups in total. The quantitative estimate of drug-likeness (QED) is 0.643. The number of hydrogen-bond donors (Lipinski definition) is 2. The van der Waals surface area contributed by atoms with E-state index in [4.69, 9.17) is 19.9 Å². The second-order valence-corrected chi connectivity index (χ2v) is 6.68. The molecule has 0 radical (unpaired) electrons. The molecule has 0 saturated heterocycles. The van der Waals surface area contributed by atoms with E-state index in [1.54, 1.807) is 0 Å². The summed E-state index contributed by atoms with van der Waals surface area (Å²) in [4.78, 5) is 0. The summed E-state index contributed by atoms with van der Waals surface area (Å²) in [5.41, 5.74) is 9.72. The second kappa shape index (κ2) is 8.21. The van der Waals surface area contributed by atoms with Gasteiger partial charge in [-0.3, -0.25) is 5.10 Å². The summed E-state index contributed by atoms with van der Waals surface area (Å²) in [6.07, 6.45) is 0. The Hall–Kier alpha value is -3.92. The fourth-order valence-corrected chi connectivity index (χ4v) is 3.65. The van der Waals surface area contributed by atoms with Gasteiger partial charge in [0, 0.05) is 0 Å². The first-order valence-electron chi connectivity index (χ1n) is 9.78. The van der Waals surface area contributed by atoms with Gasteiger partial charge in [-0.15, -0.1) is 5.10 Å². The van der Waals surface area contributed by atoms with Crippen LogP contribution in [-0.4, -0.2) is 23.4 Å². The Morgan fingerprint density at radius 2 is 1.83 bits per heavy atom.